The Morgan fingerprint density at radius 2 is 1.50 bits per heavy atom. The summed E-state index contributed by atoms with van der Waals surface area (Å²) in [6.45, 7) is 0. The molecule has 0 heterocycles. The van der Waals surface area contributed by atoms with Crippen molar-refractivity contribution in [2.45, 2.75) is 0 Å². The van der Waals surface area contributed by atoms with Crippen LogP contribution in [0.5, 0.6) is 0 Å². The van der Waals surface area contributed by atoms with E-state index in [0.717, 1.165) is 0 Å². The molecule has 0 unspecified atom stereocenters. The molecule has 0 atom stereocenters. The van der Waals surface area contributed by atoms with Crippen molar-refractivity contribution >= 4 is 0 Å². The molecule has 0 aliphatic heterocycles. The molecule has 0 aliphatic rings. The van der Waals surface area contributed by atoms with E-state index in [1.807, 2.05) is 0 Å². The summed E-state index contributed by atoms with van der Waals surface area (Å²) >= 11 is 0. The van der Waals surface area contributed by atoms with Gasteiger partial charge in [0, 0.05) is 0 Å². The number of halogens is 3. The van der Waals surface area contributed by atoms with Gasteiger partial charge >= 0.3 is 11.3 Å². The van der Waals surface area contributed by atoms with Crippen molar-refractivity contribution < 1.29 is 18.6 Å². The molecular formula is CF3N2+. The standard InChI is InChI=1S/CF3N2/c2-6(3,4)1-5/q+1. The lowest BCUT2D eigenvalue weighted by atomic mass is 11.4. The largest absolute Gasteiger partial charge is 0.443 e. The molecule has 0 aromatic heterocycles. The Balaban J connectivity index is 3.55. The van der Waals surface area contributed by atoms with Gasteiger partial charge in [0.1, 0.15) is 13.4 Å². The Kier molecular flexibility index (Phi) is 0.998. The van der Waals surface area contributed by atoms with Gasteiger partial charge in [0.05, 0.1) is 0 Å². The van der Waals surface area contributed by atoms with Crippen LogP contribution < -0.4 is 0 Å². The predicted octanol–water partition coefficient (Wildman–Crippen LogP) is 0.938. The highest BCUT2D eigenvalue weighted by Gasteiger charge is 2.30. The molecule has 5 heteroatoms. The molecule has 34 valence electrons. The highest BCUT2D eigenvalue weighted by atomic mass is 19.6. The van der Waals surface area contributed by atoms with Gasteiger partial charge in [-0.15, -0.1) is 5.26 Å². The van der Waals surface area contributed by atoms with Gasteiger partial charge in [-0.2, -0.15) is 0 Å². The van der Waals surface area contributed by atoms with Gasteiger partial charge in [-0.3, -0.25) is 0 Å². The third-order valence-electron chi connectivity index (χ3n) is 0.113. The van der Waals surface area contributed by atoms with Gasteiger partial charge in [-0.05, 0) is 0 Å². The molecule has 2 nitrogen and oxygen atoms in total. The molecule has 0 fully saturated rings. The predicted molar refractivity (Wildman–Crippen MR) is 9.20 cm³/mol. The average molecular weight is 97.0 g/mol. The van der Waals surface area contributed by atoms with Crippen LogP contribution in [-0.2, 0) is 0 Å². The third-order valence-corrected chi connectivity index (χ3v) is 0.113. The van der Waals surface area contributed by atoms with Gasteiger partial charge in [-0.1, -0.05) is 0 Å². The summed E-state index contributed by atoms with van der Waals surface area (Å²) in [5.41, 5.74) is 0. The van der Waals surface area contributed by atoms with Crippen molar-refractivity contribution in [2.24, 2.45) is 0 Å². The van der Waals surface area contributed by atoms with Gasteiger partial charge < -0.3 is 0 Å². The van der Waals surface area contributed by atoms with Gasteiger partial charge in [0.25, 0.3) is 0 Å². The van der Waals surface area contributed by atoms with Crippen molar-refractivity contribution in [3.05, 3.63) is 0 Å². The average Bonchev–Trinajstić information content (AvgIpc) is 1.35. The maximum atomic E-state index is 10.4. The number of nitriles is 1. The first-order chi connectivity index (χ1) is 2.56. The van der Waals surface area contributed by atoms with Crippen LogP contribution >= 0.6 is 0 Å². The lowest BCUT2D eigenvalue weighted by molar-refractivity contribution is -1.22. The van der Waals surface area contributed by atoms with Crippen molar-refractivity contribution in [2.75, 3.05) is 0 Å². The maximum absolute atomic E-state index is 10.4. The fourth-order valence-electron chi connectivity index (χ4n) is 0. The summed E-state index contributed by atoms with van der Waals surface area (Å²) in [5.74, 6) is 0. The van der Waals surface area contributed by atoms with E-state index in [-0.39, 0.29) is 6.19 Å². The number of nitrogens with zero attached hydrogens (tertiary/aromatic N) is 2. The van der Waals surface area contributed by atoms with Crippen LogP contribution in [-0.4, -0.2) is 5.15 Å². The minimum absolute atomic E-state index is 0.0417. The lowest BCUT2D eigenvalue weighted by Gasteiger charge is -1.76. The Bertz CT molecular complexity index is 75.8. The SMILES string of the molecule is N#C[N+](F)(F)F. The zero-order valence-electron chi connectivity index (χ0n) is 2.53. The summed E-state index contributed by atoms with van der Waals surface area (Å²) in [7, 11) is 0. The van der Waals surface area contributed by atoms with E-state index in [2.05, 4.69) is 0 Å². The molecule has 0 aromatic carbocycles. The quantitative estimate of drug-likeness (QED) is 0.326. The Hall–Kier alpha value is -0.760. The first-order valence-electron chi connectivity index (χ1n) is 0.954. The van der Waals surface area contributed by atoms with E-state index >= 15 is 0 Å². The number of quaternary nitrogens is 1. The minimum atomic E-state index is -4.12. The summed E-state index contributed by atoms with van der Waals surface area (Å²) < 4.78 is 31.1. The van der Waals surface area contributed by atoms with Crippen LogP contribution in [0, 0.1) is 11.5 Å². The molecule has 0 spiro atoms. The summed E-state index contributed by atoms with van der Waals surface area (Å²) in [6, 6.07) is 0. The molecule has 0 bridgehead atoms. The zero-order valence-corrected chi connectivity index (χ0v) is 2.53. The van der Waals surface area contributed by atoms with E-state index in [0.29, 0.717) is 0 Å². The van der Waals surface area contributed by atoms with Crippen molar-refractivity contribution in [3.8, 4) is 6.19 Å². The molecule has 0 saturated carbocycles. The number of hydrogen-bond acceptors (Lipinski definition) is 1. The fourth-order valence-corrected chi connectivity index (χ4v) is 0. The van der Waals surface area contributed by atoms with E-state index < -0.39 is 5.15 Å². The second-order valence-electron chi connectivity index (χ2n) is 0.545. The Morgan fingerprint density at radius 1 is 1.33 bits per heavy atom. The van der Waals surface area contributed by atoms with Crippen molar-refractivity contribution in [1.29, 1.82) is 5.26 Å². The van der Waals surface area contributed by atoms with E-state index in [1.165, 1.54) is 0 Å². The van der Waals surface area contributed by atoms with Crippen LogP contribution in [0.2, 0.25) is 0 Å². The zero-order chi connectivity index (χ0) is 5.21. The molecule has 0 radical (unpaired) electrons. The third kappa shape index (κ3) is 3.24. The summed E-state index contributed by atoms with van der Waals surface area (Å²) in [4.78, 5) is 0. The van der Waals surface area contributed by atoms with E-state index in [4.69, 9.17) is 5.26 Å². The Labute approximate surface area is 31.4 Å². The topological polar surface area (TPSA) is 23.8 Å². The van der Waals surface area contributed by atoms with Crippen LogP contribution in [0.15, 0.2) is 0 Å². The van der Waals surface area contributed by atoms with Crippen LogP contribution in [0.1, 0.15) is 0 Å². The van der Waals surface area contributed by atoms with Gasteiger partial charge in [0.2, 0.25) is 0 Å². The number of hydrogen-bond donors (Lipinski definition) is 0. The Morgan fingerprint density at radius 3 is 1.50 bits per heavy atom. The molecule has 0 saturated heterocycles. The van der Waals surface area contributed by atoms with Gasteiger partial charge in [0.15, 0.2) is 0 Å². The second-order valence-corrected chi connectivity index (χ2v) is 0.545. The molecule has 0 aromatic rings. The highest BCUT2D eigenvalue weighted by molar-refractivity contribution is 4.33. The lowest BCUT2D eigenvalue weighted by Crippen LogP contribution is -2.07. The molecule has 0 aliphatic carbocycles. The van der Waals surface area contributed by atoms with E-state index in [9.17, 15) is 13.4 Å². The van der Waals surface area contributed by atoms with Crippen LogP contribution in [0.25, 0.3) is 0 Å². The highest BCUT2D eigenvalue weighted by Crippen LogP contribution is 2.04. The molecular weight excluding hydrogens is 97.0 g/mol. The van der Waals surface area contributed by atoms with Crippen molar-refractivity contribution in [3.63, 3.8) is 0 Å². The summed E-state index contributed by atoms with van der Waals surface area (Å²) in [6.07, 6.45) is 0.0417. The van der Waals surface area contributed by atoms with Crippen LogP contribution in [0.3, 0.4) is 0 Å². The van der Waals surface area contributed by atoms with Gasteiger partial charge in [-0.25, -0.2) is 0 Å². The molecule has 0 N–H and O–H groups in total. The number of rotatable bonds is 0. The van der Waals surface area contributed by atoms with Crippen LogP contribution in [0.4, 0.5) is 13.4 Å². The fraction of sp³-hybridized carbons (Fsp3) is 0. The maximum Gasteiger partial charge on any atom is 0.443 e. The first-order valence-corrected chi connectivity index (χ1v) is 0.954. The minimum Gasteiger partial charge on any atom is -0.119 e. The molecule has 6 heavy (non-hydrogen) atoms. The smallest absolute Gasteiger partial charge is 0.119 e. The van der Waals surface area contributed by atoms with Crippen molar-refractivity contribution in [1.82, 2.24) is 0 Å². The second kappa shape index (κ2) is 1.14. The molecule has 0 rings (SSSR count). The monoisotopic (exact) mass is 97.0 g/mol. The molecule has 0 amide bonds. The first kappa shape index (κ1) is 5.24. The summed E-state index contributed by atoms with van der Waals surface area (Å²) in [5, 5.41) is 2.88. The van der Waals surface area contributed by atoms with E-state index in [1.54, 1.807) is 0 Å². The normalized spacial score (nSPS) is 10.3.